The fraction of sp³-hybridized carbons (Fsp3) is 0.357. The Balaban J connectivity index is 2.04. The molecule has 82 valence electrons. The second-order valence-electron chi connectivity index (χ2n) is 4.85. The van der Waals surface area contributed by atoms with Crippen LogP contribution in [0.4, 0.5) is 0 Å². The summed E-state index contributed by atoms with van der Waals surface area (Å²) in [6, 6.07) is 8.41. The van der Waals surface area contributed by atoms with Crippen molar-refractivity contribution >= 4 is 10.8 Å². The van der Waals surface area contributed by atoms with E-state index in [1.165, 1.54) is 16.3 Å². The van der Waals surface area contributed by atoms with Crippen molar-refractivity contribution in [3.63, 3.8) is 0 Å². The van der Waals surface area contributed by atoms with Gasteiger partial charge in [0.05, 0.1) is 5.60 Å². The summed E-state index contributed by atoms with van der Waals surface area (Å²) in [6.45, 7) is 2.03. The van der Waals surface area contributed by atoms with E-state index < -0.39 is 5.60 Å². The average Bonchev–Trinajstić information content (AvgIpc) is 2.97. The third-order valence-electron chi connectivity index (χ3n) is 3.39. The molecule has 1 aliphatic carbocycles. The first-order chi connectivity index (χ1) is 7.66. The van der Waals surface area contributed by atoms with Crippen molar-refractivity contribution in [1.29, 1.82) is 0 Å². The Labute approximate surface area is 94.9 Å². The van der Waals surface area contributed by atoms with E-state index >= 15 is 0 Å². The molecule has 0 saturated heterocycles. The minimum Gasteiger partial charge on any atom is -0.390 e. The number of aromatic nitrogens is 1. The first-order valence-electron chi connectivity index (χ1n) is 5.73. The number of aryl methyl sites for hydroxylation is 1. The molecule has 1 fully saturated rings. The minimum atomic E-state index is -0.413. The molecule has 1 aromatic carbocycles. The van der Waals surface area contributed by atoms with E-state index in [0.717, 1.165) is 25.0 Å². The summed E-state index contributed by atoms with van der Waals surface area (Å²) >= 11 is 0. The monoisotopic (exact) mass is 213 g/mol. The van der Waals surface area contributed by atoms with Crippen LogP contribution in [0.5, 0.6) is 0 Å². The third-order valence-corrected chi connectivity index (χ3v) is 3.39. The first-order valence-corrected chi connectivity index (χ1v) is 5.73. The summed E-state index contributed by atoms with van der Waals surface area (Å²) in [7, 11) is 0. The van der Waals surface area contributed by atoms with Gasteiger partial charge in [0.2, 0.25) is 0 Å². The van der Waals surface area contributed by atoms with E-state index in [-0.39, 0.29) is 0 Å². The standard InChI is InChI=1S/C14H15NO/c1-10-13-8-11(9-14(16)5-6-14)2-3-12(13)4-7-15-10/h2-4,7-8,16H,5-6,9H2,1H3. The van der Waals surface area contributed by atoms with Gasteiger partial charge in [-0.3, -0.25) is 4.98 Å². The second-order valence-corrected chi connectivity index (χ2v) is 4.85. The molecule has 0 atom stereocenters. The van der Waals surface area contributed by atoms with Gasteiger partial charge in [-0.05, 0) is 42.8 Å². The van der Waals surface area contributed by atoms with Gasteiger partial charge < -0.3 is 5.11 Å². The first kappa shape index (κ1) is 9.79. The second kappa shape index (κ2) is 3.29. The molecule has 1 heterocycles. The lowest BCUT2D eigenvalue weighted by molar-refractivity contribution is 0.151. The molecule has 0 unspecified atom stereocenters. The zero-order valence-corrected chi connectivity index (χ0v) is 9.40. The third kappa shape index (κ3) is 1.69. The summed E-state index contributed by atoms with van der Waals surface area (Å²) in [5, 5.41) is 12.3. The van der Waals surface area contributed by atoms with Crippen LogP contribution in [0, 0.1) is 6.92 Å². The predicted octanol–water partition coefficient (Wildman–Crippen LogP) is 2.61. The molecule has 2 nitrogen and oxygen atoms in total. The van der Waals surface area contributed by atoms with Gasteiger partial charge >= 0.3 is 0 Å². The Morgan fingerprint density at radius 1 is 1.31 bits per heavy atom. The summed E-state index contributed by atoms with van der Waals surface area (Å²) in [4.78, 5) is 4.30. The van der Waals surface area contributed by atoms with Crippen molar-refractivity contribution in [2.45, 2.75) is 31.8 Å². The summed E-state index contributed by atoms with van der Waals surface area (Å²) in [5.74, 6) is 0. The van der Waals surface area contributed by atoms with Gasteiger partial charge in [0.25, 0.3) is 0 Å². The minimum absolute atomic E-state index is 0.413. The van der Waals surface area contributed by atoms with Gasteiger partial charge in [-0.25, -0.2) is 0 Å². The molecule has 1 saturated carbocycles. The van der Waals surface area contributed by atoms with Crippen LogP contribution in [-0.4, -0.2) is 15.7 Å². The molecular weight excluding hydrogens is 198 g/mol. The van der Waals surface area contributed by atoms with Crippen LogP contribution < -0.4 is 0 Å². The maximum Gasteiger partial charge on any atom is 0.0690 e. The van der Waals surface area contributed by atoms with Crippen LogP contribution in [0.1, 0.15) is 24.1 Å². The van der Waals surface area contributed by atoms with E-state index in [2.05, 4.69) is 23.2 Å². The molecule has 1 aliphatic rings. The van der Waals surface area contributed by atoms with E-state index in [4.69, 9.17) is 0 Å². The summed E-state index contributed by atoms with van der Waals surface area (Å²) < 4.78 is 0. The number of hydrogen-bond acceptors (Lipinski definition) is 2. The number of hydrogen-bond donors (Lipinski definition) is 1. The summed E-state index contributed by atoms with van der Waals surface area (Å²) in [5.41, 5.74) is 1.86. The Hall–Kier alpha value is -1.41. The number of pyridine rings is 1. The number of fused-ring (bicyclic) bond motifs is 1. The maximum atomic E-state index is 9.91. The molecule has 1 aromatic heterocycles. The Kier molecular flexibility index (Phi) is 2.01. The lowest BCUT2D eigenvalue weighted by Crippen LogP contribution is -2.10. The lowest BCUT2D eigenvalue weighted by Gasteiger charge is -2.09. The van der Waals surface area contributed by atoms with Gasteiger partial charge in [-0.2, -0.15) is 0 Å². The van der Waals surface area contributed by atoms with Crippen LogP contribution in [0.2, 0.25) is 0 Å². The van der Waals surface area contributed by atoms with Crippen LogP contribution in [0.15, 0.2) is 30.5 Å². The topological polar surface area (TPSA) is 33.1 Å². The molecule has 16 heavy (non-hydrogen) atoms. The van der Waals surface area contributed by atoms with Gasteiger partial charge in [-0.15, -0.1) is 0 Å². The molecule has 0 bridgehead atoms. The van der Waals surface area contributed by atoms with Crippen molar-refractivity contribution < 1.29 is 5.11 Å². The number of nitrogens with zero attached hydrogens (tertiary/aromatic N) is 1. The molecule has 3 rings (SSSR count). The van der Waals surface area contributed by atoms with Crippen molar-refractivity contribution in [3.05, 3.63) is 41.7 Å². The molecule has 0 amide bonds. The van der Waals surface area contributed by atoms with Crippen molar-refractivity contribution in [2.75, 3.05) is 0 Å². The quantitative estimate of drug-likeness (QED) is 0.831. The molecule has 2 aromatic rings. The maximum absolute atomic E-state index is 9.91. The lowest BCUT2D eigenvalue weighted by atomic mass is 10.0. The highest BCUT2D eigenvalue weighted by Gasteiger charge is 2.40. The Bertz CT molecular complexity index is 543. The van der Waals surface area contributed by atoms with Gasteiger partial charge in [-0.1, -0.05) is 12.1 Å². The van der Waals surface area contributed by atoms with Crippen LogP contribution >= 0.6 is 0 Å². The van der Waals surface area contributed by atoms with E-state index in [9.17, 15) is 5.11 Å². The van der Waals surface area contributed by atoms with Crippen LogP contribution in [0.3, 0.4) is 0 Å². The van der Waals surface area contributed by atoms with Crippen LogP contribution in [-0.2, 0) is 6.42 Å². The zero-order chi connectivity index (χ0) is 11.2. The number of benzene rings is 1. The molecule has 0 aliphatic heterocycles. The summed E-state index contributed by atoms with van der Waals surface area (Å²) in [6.07, 6.45) is 4.50. The van der Waals surface area contributed by atoms with Gasteiger partial charge in [0, 0.05) is 23.7 Å². The molecule has 0 spiro atoms. The molecule has 0 radical (unpaired) electrons. The predicted molar refractivity (Wildman–Crippen MR) is 64.4 cm³/mol. The highest BCUT2D eigenvalue weighted by molar-refractivity contribution is 5.84. The van der Waals surface area contributed by atoms with Crippen molar-refractivity contribution in [1.82, 2.24) is 4.98 Å². The van der Waals surface area contributed by atoms with Crippen molar-refractivity contribution in [2.24, 2.45) is 0 Å². The number of rotatable bonds is 2. The molecule has 1 N–H and O–H groups in total. The SMILES string of the molecule is Cc1nccc2ccc(CC3(O)CC3)cc12. The van der Waals surface area contributed by atoms with Gasteiger partial charge in [0.1, 0.15) is 0 Å². The molecular formula is C14H15NO. The fourth-order valence-corrected chi connectivity index (χ4v) is 2.17. The highest BCUT2D eigenvalue weighted by Crippen LogP contribution is 2.38. The average molecular weight is 213 g/mol. The van der Waals surface area contributed by atoms with Crippen molar-refractivity contribution in [3.8, 4) is 0 Å². The molecule has 2 heteroatoms. The smallest absolute Gasteiger partial charge is 0.0690 e. The normalized spacial score (nSPS) is 17.6. The van der Waals surface area contributed by atoms with Crippen LogP contribution in [0.25, 0.3) is 10.8 Å². The Morgan fingerprint density at radius 3 is 2.88 bits per heavy atom. The Morgan fingerprint density at radius 2 is 2.12 bits per heavy atom. The van der Waals surface area contributed by atoms with E-state index in [1.54, 1.807) is 0 Å². The van der Waals surface area contributed by atoms with E-state index in [1.807, 2.05) is 19.2 Å². The number of aliphatic hydroxyl groups is 1. The fourth-order valence-electron chi connectivity index (χ4n) is 2.17. The van der Waals surface area contributed by atoms with Gasteiger partial charge in [0.15, 0.2) is 0 Å². The zero-order valence-electron chi connectivity index (χ0n) is 9.40. The highest BCUT2D eigenvalue weighted by atomic mass is 16.3. The van der Waals surface area contributed by atoms with E-state index in [0.29, 0.717) is 0 Å². The largest absolute Gasteiger partial charge is 0.390 e.